The number of aromatic nitrogens is 2. The second-order valence-electron chi connectivity index (χ2n) is 5.85. The van der Waals surface area contributed by atoms with E-state index in [1.54, 1.807) is 0 Å². The van der Waals surface area contributed by atoms with Crippen LogP contribution in [-0.2, 0) is 19.6 Å². The summed E-state index contributed by atoms with van der Waals surface area (Å²) in [5.74, 6) is 1.23. The van der Waals surface area contributed by atoms with Crippen molar-refractivity contribution >= 4 is 0 Å². The Morgan fingerprint density at radius 3 is 2.73 bits per heavy atom. The molecule has 0 radical (unpaired) electrons. The van der Waals surface area contributed by atoms with Crippen LogP contribution in [0, 0.1) is 0 Å². The lowest BCUT2D eigenvalue weighted by Crippen LogP contribution is -2.51. The Morgan fingerprint density at radius 2 is 2.05 bits per heavy atom. The number of piperazine rings is 1. The molecule has 1 aromatic heterocycles. The van der Waals surface area contributed by atoms with Gasteiger partial charge >= 0.3 is 0 Å². The van der Waals surface area contributed by atoms with Gasteiger partial charge in [-0.15, -0.1) is 0 Å². The van der Waals surface area contributed by atoms with Crippen LogP contribution in [-0.4, -0.2) is 45.6 Å². The van der Waals surface area contributed by atoms with Gasteiger partial charge in [0.25, 0.3) is 0 Å². The summed E-state index contributed by atoms with van der Waals surface area (Å²) >= 11 is 0. The molecule has 1 aromatic carbocycles. The maximum atomic E-state index is 5.50. The van der Waals surface area contributed by atoms with E-state index in [0.717, 1.165) is 38.5 Å². The summed E-state index contributed by atoms with van der Waals surface area (Å²) in [5, 5.41) is 3.98. The van der Waals surface area contributed by atoms with Crippen molar-refractivity contribution in [3.8, 4) is 0 Å². The zero-order chi connectivity index (χ0) is 15.4. The van der Waals surface area contributed by atoms with E-state index in [9.17, 15) is 0 Å². The van der Waals surface area contributed by atoms with E-state index in [0.29, 0.717) is 18.5 Å². The molecule has 22 heavy (non-hydrogen) atoms. The Morgan fingerprint density at radius 1 is 1.23 bits per heavy atom. The molecular weight excluding hydrogens is 278 g/mol. The van der Waals surface area contributed by atoms with Crippen LogP contribution in [0.1, 0.15) is 24.2 Å². The van der Waals surface area contributed by atoms with Gasteiger partial charge in [0.2, 0.25) is 5.89 Å². The average Bonchev–Trinajstić information content (AvgIpc) is 2.99. The van der Waals surface area contributed by atoms with Gasteiger partial charge in [-0.05, 0) is 12.5 Å². The van der Waals surface area contributed by atoms with Crippen LogP contribution in [0.3, 0.4) is 0 Å². The summed E-state index contributed by atoms with van der Waals surface area (Å²) in [4.78, 5) is 9.18. The van der Waals surface area contributed by atoms with Crippen LogP contribution in [0.15, 0.2) is 34.9 Å². The summed E-state index contributed by atoms with van der Waals surface area (Å²) in [6, 6.07) is 11.1. The molecule has 0 amide bonds. The predicted octanol–water partition coefficient (Wildman–Crippen LogP) is 1.23. The molecule has 1 aliphatic rings. The van der Waals surface area contributed by atoms with Gasteiger partial charge in [-0.2, -0.15) is 4.98 Å². The third-order valence-corrected chi connectivity index (χ3v) is 4.13. The van der Waals surface area contributed by atoms with E-state index in [-0.39, 0.29) is 0 Å². The SMILES string of the molecule is C[C@@H]1CN(Cc2ccccc2)CCN1Cc1noc(CN)n1. The third kappa shape index (κ3) is 3.71. The maximum absolute atomic E-state index is 5.50. The van der Waals surface area contributed by atoms with Gasteiger partial charge in [0, 0.05) is 32.2 Å². The molecule has 2 heterocycles. The highest BCUT2D eigenvalue weighted by molar-refractivity contribution is 5.14. The standard InChI is InChI=1S/C16H23N5O/c1-13-10-20(11-14-5-3-2-4-6-14)7-8-21(13)12-15-18-16(9-17)22-19-15/h2-6,13H,7-12,17H2,1H3/t13-/m1/s1. The normalized spacial score (nSPS) is 20.4. The summed E-state index contributed by atoms with van der Waals surface area (Å²) in [5.41, 5.74) is 6.87. The Hall–Kier alpha value is -1.76. The molecule has 1 saturated heterocycles. The van der Waals surface area contributed by atoms with Crippen molar-refractivity contribution in [2.75, 3.05) is 19.6 Å². The number of nitrogens with two attached hydrogens (primary N) is 1. The second-order valence-corrected chi connectivity index (χ2v) is 5.85. The van der Waals surface area contributed by atoms with Crippen LogP contribution in [0.4, 0.5) is 0 Å². The number of hydrogen-bond acceptors (Lipinski definition) is 6. The minimum atomic E-state index is 0.299. The van der Waals surface area contributed by atoms with Crippen molar-refractivity contribution in [1.82, 2.24) is 19.9 Å². The zero-order valence-corrected chi connectivity index (χ0v) is 13.0. The maximum Gasteiger partial charge on any atom is 0.240 e. The number of nitrogens with zero attached hydrogens (tertiary/aromatic N) is 4. The lowest BCUT2D eigenvalue weighted by atomic mass is 10.1. The van der Waals surface area contributed by atoms with Crippen molar-refractivity contribution in [3.63, 3.8) is 0 Å². The lowest BCUT2D eigenvalue weighted by Gasteiger charge is -2.39. The minimum Gasteiger partial charge on any atom is -0.338 e. The number of benzene rings is 1. The third-order valence-electron chi connectivity index (χ3n) is 4.13. The highest BCUT2D eigenvalue weighted by Gasteiger charge is 2.24. The Kier molecular flexibility index (Phi) is 4.82. The molecule has 2 aromatic rings. The highest BCUT2D eigenvalue weighted by Crippen LogP contribution is 2.15. The van der Waals surface area contributed by atoms with Crippen molar-refractivity contribution in [2.45, 2.75) is 32.6 Å². The van der Waals surface area contributed by atoms with E-state index in [4.69, 9.17) is 10.3 Å². The van der Waals surface area contributed by atoms with Crippen molar-refractivity contribution in [1.29, 1.82) is 0 Å². The van der Waals surface area contributed by atoms with Crippen molar-refractivity contribution in [3.05, 3.63) is 47.6 Å². The average molecular weight is 301 g/mol. The van der Waals surface area contributed by atoms with Gasteiger partial charge < -0.3 is 10.3 Å². The van der Waals surface area contributed by atoms with E-state index in [2.05, 4.69) is 57.2 Å². The first kappa shape index (κ1) is 15.1. The van der Waals surface area contributed by atoms with Crippen LogP contribution in [0.5, 0.6) is 0 Å². The molecular formula is C16H23N5O. The largest absolute Gasteiger partial charge is 0.338 e. The van der Waals surface area contributed by atoms with Gasteiger partial charge in [0.1, 0.15) is 0 Å². The molecule has 0 bridgehead atoms. The molecule has 1 aliphatic heterocycles. The Balaban J connectivity index is 1.53. The molecule has 1 atom stereocenters. The zero-order valence-electron chi connectivity index (χ0n) is 13.0. The van der Waals surface area contributed by atoms with E-state index < -0.39 is 0 Å². The van der Waals surface area contributed by atoms with Crippen LogP contribution < -0.4 is 5.73 Å². The van der Waals surface area contributed by atoms with Crippen LogP contribution in [0.25, 0.3) is 0 Å². The molecule has 3 rings (SSSR count). The fourth-order valence-corrected chi connectivity index (χ4v) is 2.91. The molecule has 0 unspecified atom stereocenters. The number of rotatable bonds is 5. The minimum absolute atomic E-state index is 0.299. The molecule has 6 nitrogen and oxygen atoms in total. The fourth-order valence-electron chi connectivity index (χ4n) is 2.91. The first-order valence-corrected chi connectivity index (χ1v) is 7.76. The monoisotopic (exact) mass is 301 g/mol. The van der Waals surface area contributed by atoms with Gasteiger partial charge in [-0.25, -0.2) is 0 Å². The molecule has 0 saturated carbocycles. The highest BCUT2D eigenvalue weighted by atomic mass is 16.5. The van der Waals surface area contributed by atoms with Crippen LogP contribution >= 0.6 is 0 Å². The van der Waals surface area contributed by atoms with Crippen molar-refractivity contribution < 1.29 is 4.52 Å². The smallest absolute Gasteiger partial charge is 0.240 e. The summed E-state index contributed by atoms with van der Waals surface area (Å²) < 4.78 is 5.07. The van der Waals surface area contributed by atoms with E-state index in [1.165, 1.54) is 5.56 Å². The summed E-state index contributed by atoms with van der Waals surface area (Å²) in [7, 11) is 0. The Bertz CT molecular complexity index is 585. The summed E-state index contributed by atoms with van der Waals surface area (Å²) in [6.45, 7) is 7.41. The molecule has 1 fully saturated rings. The van der Waals surface area contributed by atoms with E-state index in [1.807, 2.05) is 0 Å². The molecule has 118 valence electrons. The topological polar surface area (TPSA) is 71.4 Å². The van der Waals surface area contributed by atoms with Gasteiger partial charge in [-0.1, -0.05) is 35.5 Å². The van der Waals surface area contributed by atoms with Gasteiger partial charge in [0.05, 0.1) is 13.1 Å². The quantitative estimate of drug-likeness (QED) is 0.896. The lowest BCUT2D eigenvalue weighted by molar-refractivity contribution is 0.0708. The summed E-state index contributed by atoms with van der Waals surface area (Å²) in [6.07, 6.45) is 0. The van der Waals surface area contributed by atoms with Crippen molar-refractivity contribution in [2.24, 2.45) is 5.73 Å². The van der Waals surface area contributed by atoms with Gasteiger partial charge in [0.15, 0.2) is 5.82 Å². The van der Waals surface area contributed by atoms with Gasteiger partial charge in [-0.3, -0.25) is 9.80 Å². The first-order valence-electron chi connectivity index (χ1n) is 7.76. The molecule has 0 aliphatic carbocycles. The fraction of sp³-hybridized carbons (Fsp3) is 0.500. The molecule has 2 N–H and O–H groups in total. The second kappa shape index (κ2) is 7.00. The number of hydrogen-bond donors (Lipinski definition) is 1. The van der Waals surface area contributed by atoms with E-state index >= 15 is 0 Å². The molecule has 6 heteroatoms. The first-order chi connectivity index (χ1) is 10.7. The molecule has 0 spiro atoms. The Labute approximate surface area is 130 Å². The predicted molar refractivity (Wildman–Crippen MR) is 83.8 cm³/mol. The van der Waals surface area contributed by atoms with Crippen LogP contribution in [0.2, 0.25) is 0 Å².